The lowest BCUT2D eigenvalue weighted by atomic mass is 10.00. The SMILES string of the molecule is CCOc1ccc2c(c1)C(=O)CCN2C(C)=O. The van der Waals surface area contributed by atoms with Gasteiger partial charge in [-0.2, -0.15) is 0 Å². The van der Waals surface area contributed by atoms with E-state index in [2.05, 4.69) is 0 Å². The van der Waals surface area contributed by atoms with Crippen molar-refractivity contribution in [1.29, 1.82) is 0 Å². The fraction of sp³-hybridized carbons (Fsp3) is 0.385. The molecule has 4 nitrogen and oxygen atoms in total. The molecule has 0 fully saturated rings. The van der Waals surface area contributed by atoms with Crippen molar-refractivity contribution in [3.8, 4) is 5.75 Å². The van der Waals surface area contributed by atoms with Crippen LogP contribution < -0.4 is 9.64 Å². The van der Waals surface area contributed by atoms with Gasteiger partial charge in [-0.1, -0.05) is 0 Å². The summed E-state index contributed by atoms with van der Waals surface area (Å²) >= 11 is 0. The van der Waals surface area contributed by atoms with Gasteiger partial charge in [-0.15, -0.1) is 0 Å². The summed E-state index contributed by atoms with van der Waals surface area (Å²) in [4.78, 5) is 24.9. The average Bonchev–Trinajstić information content (AvgIpc) is 2.30. The quantitative estimate of drug-likeness (QED) is 0.785. The smallest absolute Gasteiger partial charge is 0.223 e. The maximum atomic E-state index is 11.8. The van der Waals surface area contributed by atoms with Crippen molar-refractivity contribution in [3.05, 3.63) is 23.8 Å². The van der Waals surface area contributed by atoms with Gasteiger partial charge in [-0.25, -0.2) is 0 Å². The van der Waals surface area contributed by atoms with E-state index in [1.54, 1.807) is 23.1 Å². The number of carbonyl (C=O) groups excluding carboxylic acids is 2. The van der Waals surface area contributed by atoms with Crippen molar-refractivity contribution in [3.63, 3.8) is 0 Å². The van der Waals surface area contributed by atoms with Crippen molar-refractivity contribution in [1.82, 2.24) is 0 Å². The van der Waals surface area contributed by atoms with Crippen molar-refractivity contribution in [2.45, 2.75) is 20.3 Å². The Balaban J connectivity index is 2.44. The zero-order valence-electron chi connectivity index (χ0n) is 10.0. The average molecular weight is 233 g/mol. The fourth-order valence-electron chi connectivity index (χ4n) is 2.03. The zero-order chi connectivity index (χ0) is 12.4. The van der Waals surface area contributed by atoms with E-state index < -0.39 is 0 Å². The molecule has 0 saturated carbocycles. The number of ether oxygens (including phenoxy) is 1. The maximum Gasteiger partial charge on any atom is 0.223 e. The lowest BCUT2D eigenvalue weighted by molar-refractivity contribution is -0.116. The van der Waals surface area contributed by atoms with Crippen LogP contribution in [0.25, 0.3) is 0 Å². The van der Waals surface area contributed by atoms with Gasteiger partial charge in [0, 0.05) is 25.5 Å². The van der Waals surface area contributed by atoms with Crippen molar-refractivity contribution >= 4 is 17.4 Å². The van der Waals surface area contributed by atoms with Gasteiger partial charge in [0.2, 0.25) is 5.91 Å². The molecule has 1 aromatic rings. The largest absolute Gasteiger partial charge is 0.494 e. The third kappa shape index (κ3) is 2.16. The number of anilines is 1. The minimum atomic E-state index is -0.0390. The van der Waals surface area contributed by atoms with Gasteiger partial charge in [-0.05, 0) is 25.1 Å². The Hall–Kier alpha value is -1.84. The molecule has 2 rings (SSSR count). The van der Waals surface area contributed by atoms with E-state index >= 15 is 0 Å². The molecular weight excluding hydrogens is 218 g/mol. The van der Waals surface area contributed by atoms with E-state index in [0.29, 0.717) is 36.6 Å². The summed E-state index contributed by atoms with van der Waals surface area (Å²) in [6.07, 6.45) is 0.377. The van der Waals surface area contributed by atoms with Gasteiger partial charge in [0.1, 0.15) is 5.75 Å². The zero-order valence-corrected chi connectivity index (χ0v) is 10.0. The molecule has 0 spiro atoms. The van der Waals surface area contributed by atoms with Gasteiger partial charge in [-0.3, -0.25) is 9.59 Å². The van der Waals surface area contributed by atoms with Crippen molar-refractivity contribution in [2.24, 2.45) is 0 Å². The molecule has 1 aliphatic rings. The van der Waals surface area contributed by atoms with Crippen LogP contribution >= 0.6 is 0 Å². The van der Waals surface area contributed by atoms with Gasteiger partial charge in [0.25, 0.3) is 0 Å². The molecular formula is C13H15NO3. The van der Waals surface area contributed by atoms with Crippen LogP contribution in [0.2, 0.25) is 0 Å². The monoisotopic (exact) mass is 233 g/mol. The first-order valence-corrected chi connectivity index (χ1v) is 5.71. The Bertz CT molecular complexity index is 468. The predicted molar refractivity (Wildman–Crippen MR) is 64.6 cm³/mol. The van der Waals surface area contributed by atoms with Gasteiger partial charge in [0.05, 0.1) is 12.3 Å². The number of amides is 1. The van der Waals surface area contributed by atoms with Crippen LogP contribution in [0.3, 0.4) is 0 Å². The first-order valence-electron chi connectivity index (χ1n) is 5.71. The van der Waals surface area contributed by atoms with E-state index in [1.807, 2.05) is 6.92 Å². The number of nitrogens with zero attached hydrogens (tertiary/aromatic N) is 1. The lowest BCUT2D eigenvalue weighted by Gasteiger charge is -2.27. The highest BCUT2D eigenvalue weighted by molar-refractivity contribution is 6.08. The second kappa shape index (κ2) is 4.57. The molecule has 4 heteroatoms. The number of carbonyl (C=O) groups is 2. The highest BCUT2D eigenvalue weighted by Crippen LogP contribution is 2.30. The lowest BCUT2D eigenvalue weighted by Crippen LogP contribution is -2.35. The van der Waals surface area contributed by atoms with Crippen LogP contribution in [0.15, 0.2) is 18.2 Å². The number of rotatable bonds is 2. The molecule has 1 aliphatic heterocycles. The first-order chi connectivity index (χ1) is 8.13. The summed E-state index contributed by atoms with van der Waals surface area (Å²) in [7, 11) is 0. The molecule has 0 radical (unpaired) electrons. The van der Waals surface area contributed by atoms with Crippen molar-refractivity contribution < 1.29 is 14.3 Å². The Kier molecular flexibility index (Phi) is 3.13. The van der Waals surface area contributed by atoms with E-state index in [9.17, 15) is 9.59 Å². The highest BCUT2D eigenvalue weighted by Gasteiger charge is 2.25. The second-order valence-corrected chi connectivity index (χ2v) is 3.96. The Morgan fingerprint density at radius 1 is 1.47 bits per heavy atom. The molecule has 0 N–H and O–H groups in total. The summed E-state index contributed by atoms with van der Waals surface area (Å²) in [5.74, 6) is 0.701. The molecule has 17 heavy (non-hydrogen) atoms. The standard InChI is InChI=1S/C13H15NO3/c1-3-17-10-4-5-12-11(8-10)13(16)6-7-14(12)9(2)15/h4-5,8H,3,6-7H2,1-2H3. The molecule has 1 amide bonds. The van der Waals surface area contributed by atoms with E-state index in [0.717, 1.165) is 0 Å². The van der Waals surface area contributed by atoms with Crippen LogP contribution in [0.1, 0.15) is 30.6 Å². The minimum absolute atomic E-state index is 0.0390. The van der Waals surface area contributed by atoms with E-state index in [-0.39, 0.29) is 11.7 Å². The van der Waals surface area contributed by atoms with Crippen LogP contribution in [-0.4, -0.2) is 24.8 Å². The summed E-state index contributed by atoms with van der Waals surface area (Å²) < 4.78 is 5.36. The molecule has 0 bridgehead atoms. The fourth-order valence-corrected chi connectivity index (χ4v) is 2.03. The Morgan fingerprint density at radius 2 is 2.24 bits per heavy atom. The van der Waals surface area contributed by atoms with E-state index in [1.165, 1.54) is 6.92 Å². The summed E-state index contributed by atoms with van der Waals surface area (Å²) in [5, 5.41) is 0. The number of hydrogen-bond acceptors (Lipinski definition) is 3. The molecule has 1 aromatic carbocycles. The molecule has 90 valence electrons. The van der Waals surface area contributed by atoms with Crippen LogP contribution in [0.5, 0.6) is 5.75 Å². The molecule has 0 unspecified atom stereocenters. The number of benzene rings is 1. The summed E-state index contributed by atoms with van der Waals surface area (Å²) in [5.41, 5.74) is 1.27. The molecule has 0 saturated heterocycles. The second-order valence-electron chi connectivity index (χ2n) is 3.96. The van der Waals surface area contributed by atoms with E-state index in [4.69, 9.17) is 4.74 Å². The molecule has 1 heterocycles. The number of hydrogen-bond donors (Lipinski definition) is 0. The van der Waals surface area contributed by atoms with Crippen LogP contribution in [-0.2, 0) is 4.79 Å². The minimum Gasteiger partial charge on any atom is -0.494 e. The van der Waals surface area contributed by atoms with Gasteiger partial charge >= 0.3 is 0 Å². The number of ketones is 1. The predicted octanol–water partition coefficient (Wildman–Crippen LogP) is 2.02. The molecule has 0 aromatic heterocycles. The number of fused-ring (bicyclic) bond motifs is 1. The maximum absolute atomic E-state index is 11.8. The Morgan fingerprint density at radius 3 is 2.88 bits per heavy atom. The topological polar surface area (TPSA) is 46.6 Å². The Labute approximate surface area is 100 Å². The van der Waals surface area contributed by atoms with Gasteiger partial charge < -0.3 is 9.64 Å². The van der Waals surface area contributed by atoms with Crippen LogP contribution in [0, 0.1) is 0 Å². The van der Waals surface area contributed by atoms with Crippen LogP contribution in [0.4, 0.5) is 5.69 Å². The normalized spacial score (nSPS) is 14.5. The van der Waals surface area contributed by atoms with Gasteiger partial charge in [0.15, 0.2) is 5.78 Å². The molecule has 0 aliphatic carbocycles. The third-order valence-electron chi connectivity index (χ3n) is 2.81. The first kappa shape index (κ1) is 11.6. The third-order valence-corrected chi connectivity index (χ3v) is 2.81. The molecule has 0 atom stereocenters. The highest BCUT2D eigenvalue weighted by atomic mass is 16.5. The van der Waals surface area contributed by atoms with Crippen molar-refractivity contribution in [2.75, 3.05) is 18.1 Å². The number of Topliss-reactive ketones (excluding diaryl/α,β-unsaturated/α-hetero) is 1. The summed E-state index contributed by atoms with van der Waals surface area (Å²) in [6.45, 7) is 4.43. The summed E-state index contributed by atoms with van der Waals surface area (Å²) in [6, 6.07) is 5.28.